The third kappa shape index (κ3) is 3.00. The molecule has 0 amide bonds. The van der Waals surface area contributed by atoms with E-state index in [1.807, 2.05) is 10.8 Å². The van der Waals surface area contributed by atoms with E-state index >= 15 is 0 Å². The van der Waals surface area contributed by atoms with Gasteiger partial charge in [0, 0.05) is 31.7 Å². The normalized spacial score (nSPS) is 10.6. The van der Waals surface area contributed by atoms with Gasteiger partial charge in [-0.05, 0) is 18.2 Å². The molecule has 1 aromatic carbocycles. The van der Waals surface area contributed by atoms with Gasteiger partial charge in [0.15, 0.2) is 0 Å². The first-order valence-corrected chi connectivity index (χ1v) is 5.80. The topological polar surface area (TPSA) is 39.1 Å². The molecule has 0 aliphatic carbocycles. The zero-order valence-corrected chi connectivity index (χ0v) is 10.6. The summed E-state index contributed by atoms with van der Waals surface area (Å²) in [6.07, 6.45) is 3.50. The standard InChI is InChI=1S/C12H13ClFN3O/c1-18-7-6-17-5-4-15-12(17)16-9-2-3-10(13)11(14)8-9/h2-5,8H,6-7H2,1H3,(H,15,16). The highest BCUT2D eigenvalue weighted by atomic mass is 35.5. The molecule has 6 heteroatoms. The summed E-state index contributed by atoms with van der Waals surface area (Å²) >= 11 is 5.62. The fraction of sp³-hybridized carbons (Fsp3) is 0.250. The number of halogens is 2. The van der Waals surface area contributed by atoms with Crippen LogP contribution in [0.25, 0.3) is 0 Å². The van der Waals surface area contributed by atoms with Crippen LogP contribution in [0.3, 0.4) is 0 Å². The van der Waals surface area contributed by atoms with Crippen molar-refractivity contribution in [3.63, 3.8) is 0 Å². The Labute approximate surface area is 109 Å². The molecule has 0 spiro atoms. The molecule has 0 aliphatic heterocycles. The van der Waals surface area contributed by atoms with Crippen LogP contribution in [0.5, 0.6) is 0 Å². The maximum absolute atomic E-state index is 13.3. The van der Waals surface area contributed by atoms with Crippen molar-refractivity contribution in [2.24, 2.45) is 0 Å². The van der Waals surface area contributed by atoms with Gasteiger partial charge < -0.3 is 14.6 Å². The molecule has 0 atom stereocenters. The number of aromatic nitrogens is 2. The smallest absolute Gasteiger partial charge is 0.207 e. The molecule has 1 heterocycles. The minimum absolute atomic E-state index is 0.100. The largest absolute Gasteiger partial charge is 0.383 e. The molecule has 1 N–H and O–H groups in total. The van der Waals surface area contributed by atoms with E-state index in [4.69, 9.17) is 16.3 Å². The molecule has 0 fully saturated rings. The number of nitrogens with zero attached hydrogens (tertiary/aromatic N) is 2. The van der Waals surface area contributed by atoms with Crippen molar-refractivity contribution in [1.29, 1.82) is 0 Å². The lowest BCUT2D eigenvalue weighted by molar-refractivity contribution is 0.188. The molecule has 18 heavy (non-hydrogen) atoms. The Morgan fingerprint density at radius 2 is 2.33 bits per heavy atom. The van der Waals surface area contributed by atoms with Crippen molar-refractivity contribution in [3.05, 3.63) is 41.4 Å². The maximum atomic E-state index is 13.3. The van der Waals surface area contributed by atoms with Gasteiger partial charge in [-0.25, -0.2) is 9.37 Å². The minimum atomic E-state index is -0.461. The van der Waals surface area contributed by atoms with Gasteiger partial charge in [-0.15, -0.1) is 0 Å². The molecular weight excluding hydrogens is 257 g/mol. The molecular formula is C12H13ClFN3O. The van der Waals surface area contributed by atoms with Gasteiger partial charge in [-0.2, -0.15) is 0 Å². The van der Waals surface area contributed by atoms with Crippen LogP contribution in [0.2, 0.25) is 5.02 Å². The van der Waals surface area contributed by atoms with Crippen LogP contribution in [0.15, 0.2) is 30.6 Å². The number of nitrogens with one attached hydrogen (secondary N) is 1. The highest BCUT2D eigenvalue weighted by molar-refractivity contribution is 6.30. The first-order valence-electron chi connectivity index (χ1n) is 5.43. The Morgan fingerprint density at radius 3 is 3.06 bits per heavy atom. The molecule has 0 unspecified atom stereocenters. The molecule has 2 rings (SSSR count). The Bertz CT molecular complexity index is 530. The fourth-order valence-electron chi connectivity index (χ4n) is 1.51. The van der Waals surface area contributed by atoms with E-state index in [2.05, 4.69) is 10.3 Å². The van der Waals surface area contributed by atoms with Crippen LogP contribution in [0.1, 0.15) is 0 Å². The fourth-order valence-corrected chi connectivity index (χ4v) is 1.62. The van der Waals surface area contributed by atoms with Crippen molar-refractivity contribution in [3.8, 4) is 0 Å². The van der Waals surface area contributed by atoms with Gasteiger partial charge in [-0.1, -0.05) is 11.6 Å². The predicted octanol–water partition coefficient (Wildman–Crippen LogP) is 3.07. The summed E-state index contributed by atoms with van der Waals surface area (Å²) in [4.78, 5) is 4.16. The van der Waals surface area contributed by atoms with Crippen molar-refractivity contribution in [2.75, 3.05) is 19.0 Å². The SMILES string of the molecule is COCCn1ccnc1Nc1ccc(Cl)c(F)c1. The number of anilines is 2. The highest BCUT2D eigenvalue weighted by Gasteiger charge is 2.05. The molecule has 1 aromatic heterocycles. The van der Waals surface area contributed by atoms with Crippen LogP contribution >= 0.6 is 11.6 Å². The third-order valence-corrected chi connectivity index (χ3v) is 2.73. The molecule has 0 saturated heterocycles. The van der Waals surface area contributed by atoms with Crippen molar-refractivity contribution < 1.29 is 9.13 Å². The Morgan fingerprint density at radius 1 is 1.50 bits per heavy atom. The van der Waals surface area contributed by atoms with Crippen molar-refractivity contribution in [1.82, 2.24) is 9.55 Å². The number of rotatable bonds is 5. The van der Waals surface area contributed by atoms with Gasteiger partial charge in [0.2, 0.25) is 5.95 Å². The molecule has 0 bridgehead atoms. The summed E-state index contributed by atoms with van der Waals surface area (Å²) in [5, 5.41) is 3.13. The van der Waals surface area contributed by atoms with E-state index < -0.39 is 5.82 Å². The van der Waals surface area contributed by atoms with Crippen molar-refractivity contribution >= 4 is 23.2 Å². The van der Waals surface area contributed by atoms with Crippen LogP contribution < -0.4 is 5.32 Å². The average Bonchev–Trinajstić information content (AvgIpc) is 2.79. The molecule has 0 aliphatic rings. The number of hydrogen-bond donors (Lipinski definition) is 1. The van der Waals surface area contributed by atoms with Crippen LogP contribution in [0.4, 0.5) is 16.0 Å². The van der Waals surface area contributed by atoms with E-state index in [0.29, 0.717) is 24.8 Å². The summed E-state index contributed by atoms with van der Waals surface area (Å²) in [5.41, 5.74) is 0.599. The van der Waals surface area contributed by atoms with Gasteiger partial charge in [0.25, 0.3) is 0 Å². The van der Waals surface area contributed by atoms with Crippen LogP contribution in [0, 0.1) is 5.82 Å². The maximum Gasteiger partial charge on any atom is 0.207 e. The molecule has 2 aromatic rings. The predicted molar refractivity (Wildman–Crippen MR) is 68.8 cm³/mol. The molecule has 0 radical (unpaired) electrons. The Kier molecular flexibility index (Phi) is 4.17. The zero-order valence-electron chi connectivity index (χ0n) is 9.86. The number of benzene rings is 1. The number of hydrogen-bond acceptors (Lipinski definition) is 3. The van der Waals surface area contributed by atoms with Gasteiger partial charge in [-0.3, -0.25) is 0 Å². The van der Waals surface area contributed by atoms with Crippen LogP contribution in [-0.4, -0.2) is 23.3 Å². The molecule has 4 nitrogen and oxygen atoms in total. The average molecular weight is 270 g/mol. The number of ether oxygens (including phenoxy) is 1. The molecule has 0 saturated carbocycles. The summed E-state index contributed by atoms with van der Waals surface area (Å²) in [6.45, 7) is 1.26. The lowest BCUT2D eigenvalue weighted by atomic mass is 10.3. The Balaban J connectivity index is 2.13. The quantitative estimate of drug-likeness (QED) is 0.907. The summed E-state index contributed by atoms with van der Waals surface area (Å²) < 4.78 is 20.2. The van der Waals surface area contributed by atoms with Gasteiger partial charge >= 0.3 is 0 Å². The number of methoxy groups -OCH3 is 1. The van der Waals surface area contributed by atoms with E-state index in [9.17, 15) is 4.39 Å². The first kappa shape index (κ1) is 12.9. The number of imidazole rings is 1. The lowest BCUT2D eigenvalue weighted by Gasteiger charge is -2.09. The van der Waals surface area contributed by atoms with Gasteiger partial charge in [0.1, 0.15) is 5.82 Å². The second kappa shape index (κ2) is 5.84. The lowest BCUT2D eigenvalue weighted by Crippen LogP contribution is -2.07. The second-order valence-electron chi connectivity index (χ2n) is 3.69. The summed E-state index contributed by atoms with van der Waals surface area (Å²) in [5.74, 6) is 0.172. The third-order valence-electron chi connectivity index (χ3n) is 2.43. The minimum Gasteiger partial charge on any atom is -0.383 e. The summed E-state index contributed by atoms with van der Waals surface area (Å²) in [7, 11) is 1.64. The van der Waals surface area contributed by atoms with E-state index in [-0.39, 0.29) is 5.02 Å². The van der Waals surface area contributed by atoms with E-state index in [0.717, 1.165) is 0 Å². The van der Waals surface area contributed by atoms with Gasteiger partial charge in [0.05, 0.1) is 11.6 Å². The summed E-state index contributed by atoms with van der Waals surface area (Å²) in [6, 6.07) is 4.53. The molecule has 96 valence electrons. The monoisotopic (exact) mass is 269 g/mol. The highest BCUT2D eigenvalue weighted by Crippen LogP contribution is 2.21. The zero-order chi connectivity index (χ0) is 13.0. The van der Waals surface area contributed by atoms with Crippen molar-refractivity contribution in [2.45, 2.75) is 6.54 Å². The second-order valence-corrected chi connectivity index (χ2v) is 4.10. The van der Waals surface area contributed by atoms with E-state index in [1.54, 1.807) is 19.4 Å². The van der Waals surface area contributed by atoms with E-state index in [1.165, 1.54) is 12.1 Å². The Hall–Kier alpha value is -1.59. The first-order chi connectivity index (χ1) is 8.70. The van der Waals surface area contributed by atoms with Crippen LogP contribution in [-0.2, 0) is 11.3 Å².